The molecule has 1 heterocycles. The van der Waals surface area contributed by atoms with Crippen molar-refractivity contribution in [1.29, 1.82) is 0 Å². The van der Waals surface area contributed by atoms with Crippen LogP contribution in [-0.2, 0) is 10.0 Å². The molecule has 0 amide bonds. The molecule has 0 aliphatic carbocycles. The van der Waals surface area contributed by atoms with Gasteiger partial charge in [0.2, 0.25) is 0 Å². The standard InChI is InChI=1S/C22H20N2O3S/c1-27-22-15-9-8-14-19(22)20-16-21(17-10-4-2-5-11-17)24(23-20)28(25,26)18-12-6-3-7-13-18/h2-15,21H,16H2,1H3/t21-/m0/s1. The zero-order chi connectivity index (χ0) is 19.6. The van der Waals surface area contributed by atoms with Crippen LogP contribution in [0.1, 0.15) is 23.6 Å². The Morgan fingerprint density at radius 3 is 2.18 bits per heavy atom. The van der Waals surface area contributed by atoms with Gasteiger partial charge in [-0.05, 0) is 29.8 Å². The number of hydrazone groups is 1. The molecule has 1 atom stereocenters. The van der Waals surface area contributed by atoms with Crippen molar-refractivity contribution >= 4 is 15.7 Å². The summed E-state index contributed by atoms with van der Waals surface area (Å²) in [7, 11) is -2.19. The first-order valence-electron chi connectivity index (χ1n) is 8.96. The second kappa shape index (κ2) is 7.48. The van der Waals surface area contributed by atoms with E-state index >= 15 is 0 Å². The summed E-state index contributed by atoms with van der Waals surface area (Å²) in [5.74, 6) is 0.673. The summed E-state index contributed by atoms with van der Waals surface area (Å²) in [6, 6.07) is 25.1. The van der Waals surface area contributed by atoms with Crippen LogP contribution in [0.5, 0.6) is 5.75 Å². The van der Waals surface area contributed by atoms with Gasteiger partial charge in [-0.3, -0.25) is 0 Å². The monoisotopic (exact) mass is 392 g/mol. The number of nitrogens with zero attached hydrogens (tertiary/aromatic N) is 2. The third-order valence-corrected chi connectivity index (χ3v) is 6.46. The summed E-state index contributed by atoms with van der Waals surface area (Å²) >= 11 is 0. The highest BCUT2D eigenvalue weighted by Crippen LogP contribution is 2.38. The molecule has 5 nitrogen and oxygen atoms in total. The van der Waals surface area contributed by atoms with Crippen molar-refractivity contribution in [3.05, 3.63) is 96.1 Å². The van der Waals surface area contributed by atoms with Gasteiger partial charge in [-0.1, -0.05) is 60.7 Å². The fraction of sp³-hybridized carbons (Fsp3) is 0.136. The van der Waals surface area contributed by atoms with Crippen molar-refractivity contribution in [1.82, 2.24) is 4.41 Å². The molecular weight excluding hydrogens is 372 g/mol. The maximum absolute atomic E-state index is 13.3. The average Bonchev–Trinajstić information content (AvgIpc) is 3.21. The van der Waals surface area contributed by atoms with E-state index in [0.29, 0.717) is 17.9 Å². The fourth-order valence-corrected chi connectivity index (χ4v) is 4.83. The number of sulfonamides is 1. The lowest BCUT2D eigenvalue weighted by Crippen LogP contribution is -2.27. The molecule has 6 heteroatoms. The van der Waals surface area contributed by atoms with E-state index in [4.69, 9.17) is 4.74 Å². The van der Waals surface area contributed by atoms with Crippen LogP contribution in [0.25, 0.3) is 0 Å². The Labute approximate surface area is 164 Å². The topological polar surface area (TPSA) is 59.0 Å². The highest BCUT2D eigenvalue weighted by molar-refractivity contribution is 7.89. The largest absolute Gasteiger partial charge is 0.496 e. The molecule has 0 radical (unpaired) electrons. The van der Waals surface area contributed by atoms with E-state index in [0.717, 1.165) is 11.1 Å². The average molecular weight is 392 g/mol. The van der Waals surface area contributed by atoms with E-state index in [1.807, 2.05) is 54.6 Å². The molecule has 4 rings (SSSR count). The Morgan fingerprint density at radius 2 is 1.50 bits per heavy atom. The Kier molecular flexibility index (Phi) is 4.88. The van der Waals surface area contributed by atoms with Crippen LogP contribution in [0.4, 0.5) is 0 Å². The molecule has 3 aromatic carbocycles. The molecule has 0 N–H and O–H groups in total. The van der Waals surface area contributed by atoms with E-state index in [1.54, 1.807) is 37.4 Å². The fourth-order valence-electron chi connectivity index (χ4n) is 3.38. The first-order valence-corrected chi connectivity index (χ1v) is 10.4. The minimum Gasteiger partial charge on any atom is -0.496 e. The van der Waals surface area contributed by atoms with Gasteiger partial charge in [0.05, 0.1) is 23.8 Å². The van der Waals surface area contributed by atoms with Gasteiger partial charge in [0, 0.05) is 12.0 Å². The van der Waals surface area contributed by atoms with Crippen molar-refractivity contribution in [2.45, 2.75) is 17.4 Å². The van der Waals surface area contributed by atoms with Crippen LogP contribution in [-0.4, -0.2) is 25.7 Å². The zero-order valence-corrected chi connectivity index (χ0v) is 16.2. The molecule has 0 fully saturated rings. The van der Waals surface area contributed by atoms with E-state index in [2.05, 4.69) is 5.10 Å². The van der Waals surface area contributed by atoms with Crippen LogP contribution < -0.4 is 4.74 Å². The molecule has 1 aliphatic rings. The number of hydrogen-bond donors (Lipinski definition) is 0. The van der Waals surface area contributed by atoms with Gasteiger partial charge in [0.15, 0.2) is 0 Å². The Bertz CT molecular complexity index is 1100. The van der Waals surface area contributed by atoms with Crippen LogP contribution in [0.2, 0.25) is 0 Å². The normalized spacial score (nSPS) is 16.7. The third-order valence-electron chi connectivity index (χ3n) is 4.76. The van der Waals surface area contributed by atoms with E-state index in [-0.39, 0.29) is 4.90 Å². The van der Waals surface area contributed by atoms with E-state index < -0.39 is 16.1 Å². The minimum absolute atomic E-state index is 0.223. The smallest absolute Gasteiger partial charge is 0.279 e. The lowest BCUT2D eigenvalue weighted by Gasteiger charge is -2.23. The maximum Gasteiger partial charge on any atom is 0.279 e. The minimum atomic E-state index is -3.79. The molecule has 0 saturated carbocycles. The molecule has 1 aliphatic heterocycles. The van der Waals surface area contributed by atoms with Crippen molar-refractivity contribution in [3.63, 3.8) is 0 Å². The van der Waals surface area contributed by atoms with Gasteiger partial charge >= 0.3 is 0 Å². The number of para-hydroxylation sites is 1. The third kappa shape index (κ3) is 3.27. The number of rotatable bonds is 5. The first-order chi connectivity index (χ1) is 13.6. The molecular formula is C22H20N2O3S. The number of methoxy groups -OCH3 is 1. The predicted octanol–water partition coefficient (Wildman–Crippen LogP) is 4.24. The molecule has 142 valence electrons. The van der Waals surface area contributed by atoms with E-state index in [1.165, 1.54) is 4.41 Å². The van der Waals surface area contributed by atoms with Gasteiger partial charge in [0.1, 0.15) is 5.75 Å². The van der Waals surface area contributed by atoms with Crippen LogP contribution in [0, 0.1) is 0 Å². The summed E-state index contributed by atoms with van der Waals surface area (Å²) in [6.45, 7) is 0. The molecule has 28 heavy (non-hydrogen) atoms. The highest BCUT2D eigenvalue weighted by Gasteiger charge is 2.38. The van der Waals surface area contributed by atoms with Crippen LogP contribution in [0.15, 0.2) is 94.9 Å². The summed E-state index contributed by atoms with van der Waals surface area (Å²) in [4.78, 5) is 0.223. The lowest BCUT2D eigenvalue weighted by atomic mass is 9.99. The maximum atomic E-state index is 13.3. The van der Waals surface area contributed by atoms with Gasteiger partial charge < -0.3 is 4.74 Å². The zero-order valence-electron chi connectivity index (χ0n) is 15.4. The summed E-state index contributed by atoms with van der Waals surface area (Å²) < 4.78 is 33.4. The molecule has 0 spiro atoms. The SMILES string of the molecule is COc1ccccc1C1=NN(S(=O)(=O)c2ccccc2)[C@H](c2ccccc2)C1. The molecule has 0 bridgehead atoms. The Balaban J connectivity index is 1.83. The van der Waals surface area contributed by atoms with Crippen molar-refractivity contribution in [3.8, 4) is 5.75 Å². The number of hydrogen-bond acceptors (Lipinski definition) is 4. The van der Waals surface area contributed by atoms with Crippen molar-refractivity contribution in [2.75, 3.05) is 7.11 Å². The molecule has 0 aromatic heterocycles. The summed E-state index contributed by atoms with van der Waals surface area (Å²) in [5, 5.41) is 4.55. The quantitative estimate of drug-likeness (QED) is 0.653. The second-order valence-electron chi connectivity index (χ2n) is 6.47. The predicted molar refractivity (Wildman–Crippen MR) is 109 cm³/mol. The van der Waals surface area contributed by atoms with Gasteiger partial charge in [-0.2, -0.15) is 17.9 Å². The van der Waals surface area contributed by atoms with Gasteiger partial charge in [-0.25, -0.2) is 0 Å². The van der Waals surface area contributed by atoms with Gasteiger partial charge in [-0.15, -0.1) is 0 Å². The Morgan fingerprint density at radius 1 is 0.893 bits per heavy atom. The van der Waals surface area contributed by atoms with Crippen molar-refractivity contribution in [2.24, 2.45) is 5.10 Å². The lowest BCUT2D eigenvalue weighted by molar-refractivity contribution is 0.371. The van der Waals surface area contributed by atoms with E-state index in [9.17, 15) is 8.42 Å². The molecule has 3 aromatic rings. The second-order valence-corrected chi connectivity index (χ2v) is 8.26. The Hall–Kier alpha value is -3.12. The molecule has 0 saturated heterocycles. The highest BCUT2D eigenvalue weighted by atomic mass is 32.2. The summed E-state index contributed by atoms with van der Waals surface area (Å²) in [6.07, 6.45) is 0.469. The van der Waals surface area contributed by atoms with Crippen LogP contribution >= 0.6 is 0 Å². The summed E-state index contributed by atoms with van der Waals surface area (Å²) in [5.41, 5.74) is 2.39. The molecule has 0 unspecified atom stereocenters. The first kappa shape index (κ1) is 18.3. The van der Waals surface area contributed by atoms with Gasteiger partial charge in [0.25, 0.3) is 10.0 Å². The number of ether oxygens (including phenoxy) is 1. The van der Waals surface area contributed by atoms with Crippen LogP contribution in [0.3, 0.4) is 0 Å². The van der Waals surface area contributed by atoms with Crippen molar-refractivity contribution < 1.29 is 13.2 Å². The number of benzene rings is 3.